The highest BCUT2D eigenvalue weighted by atomic mass is 127. The maximum atomic E-state index is 10.8. The quantitative estimate of drug-likeness (QED) is 0.613. The predicted molar refractivity (Wildman–Crippen MR) is 83.6 cm³/mol. The first kappa shape index (κ1) is 14.6. The van der Waals surface area contributed by atoms with Crippen LogP contribution in [0.1, 0.15) is 10.4 Å². The molecule has 20 heavy (non-hydrogen) atoms. The second-order valence-corrected chi connectivity index (χ2v) is 5.23. The van der Waals surface area contributed by atoms with Crippen LogP contribution in [-0.4, -0.2) is 24.3 Å². The molecule has 2 aromatic carbocycles. The molecule has 5 heteroatoms. The second kappa shape index (κ2) is 7.14. The van der Waals surface area contributed by atoms with Gasteiger partial charge in [-0.3, -0.25) is 0 Å². The van der Waals surface area contributed by atoms with Gasteiger partial charge in [-0.1, -0.05) is 12.1 Å². The zero-order chi connectivity index (χ0) is 14.4. The van der Waals surface area contributed by atoms with Crippen LogP contribution in [-0.2, 0) is 0 Å². The molecule has 0 saturated heterocycles. The van der Waals surface area contributed by atoms with Gasteiger partial charge in [0.2, 0.25) is 0 Å². The molecule has 0 atom stereocenters. The highest BCUT2D eigenvalue weighted by Crippen LogP contribution is 2.15. The Morgan fingerprint density at radius 3 is 2.20 bits per heavy atom. The Balaban J connectivity index is 1.81. The topological polar surface area (TPSA) is 55.8 Å². The average Bonchev–Trinajstić information content (AvgIpc) is 2.44. The number of carboxylic acid groups (broad SMARTS) is 1. The molecule has 2 rings (SSSR count). The van der Waals surface area contributed by atoms with Gasteiger partial charge in [0.25, 0.3) is 0 Å². The predicted octanol–water partition coefficient (Wildman–Crippen LogP) is 3.45. The fraction of sp³-hybridized carbons (Fsp3) is 0.133. The second-order valence-electron chi connectivity index (χ2n) is 3.99. The molecule has 0 aliphatic heterocycles. The van der Waals surface area contributed by atoms with Gasteiger partial charge in [-0.05, 0) is 59.0 Å². The van der Waals surface area contributed by atoms with Gasteiger partial charge in [0.1, 0.15) is 24.7 Å². The summed E-state index contributed by atoms with van der Waals surface area (Å²) in [5, 5.41) is 8.87. The van der Waals surface area contributed by atoms with Crippen molar-refractivity contribution in [2.75, 3.05) is 13.2 Å². The number of rotatable bonds is 6. The van der Waals surface area contributed by atoms with E-state index in [1.165, 1.54) is 12.1 Å². The number of hydrogen-bond acceptors (Lipinski definition) is 3. The SMILES string of the molecule is O=C(O)c1cccc(OCCOc2cccc(I)c2)c1. The van der Waals surface area contributed by atoms with E-state index < -0.39 is 5.97 Å². The highest BCUT2D eigenvalue weighted by molar-refractivity contribution is 14.1. The standard InChI is InChI=1S/C15H13IO4/c16-12-4-2-6-14(10-12)20-8-7-19-13-5-1-3-11(9-13)15(17)18/h1-6,9-10H,7-8H2,(H,17,18). The van der Waals surface area contributed by atoms with Crippen molar-refractivity contribution in [3.05, 3.63) is 57.7 Å². The maximum absolute atomic E-state index is 10.8. The van der Waals surface area contributed by atoms with E-state index in [1.54, 1.807) is 12.1 Å². The summed E-state index contributed by atoms with van der Waals surface area (Å²) in [5.41, 5.74) is 0.209. The normalized spacial score (nSPS) is 10.1. The van der Waals surface area contributed by atoms with Crippen LogP contribution in [0, 0.1) is 3.57 Å². The van der Waals surface area contributed by atoms with Crippen molar-refractivity contribution in [2.45, 2.75) is 0 Å². The fourth-order valence-corrected chi connectivity index (χ4v) is 2.11. The largest absolute Gasteiger partial charge is 0.490 e. The number of carbonyl (C=O) groups is 1. The molecule has 0 radical (unpaired) electrons. The third kappa shape index (κ3) is 4.41. The summed E-state index contributed by atoms with van der Waals surface area (Å²) in [6, 6.07) is 14.1. The number of benzene rings is 2. The molecule has 0 fully saturated rings. The highest BCUT2D eigenvalue weighted by Gasteiger charge is 2.03. The molecular weight excluding hydrogens is 371 g/mol. The van der Waals surface area contributed by atoms with Gasteiger partial charge in [-0.15, -0.1) is 0 Å². The van der Waals surface area contributed by atoms with Crippen molar-refractivity contribution in [1.82, 2.24) is 0 Å². The molecule has 2 aromatic rings. The fourth-order valence-electron chi connectivity index (χ4n) is 1.59. The van der Waals surface area contributed by atoms with Crippen LogP contribution < -0.4 is 9.47 Å². The lowest BCUT2D eigenvalue weighted by Crippen LogP contribution is -2.09. The van der Waals surface area contributed by atoms with Gasteiger partial charge < -0.3 is 14.6 Å². The van der Waals surface area contributed by atoms with E-state index in [2.05, 4.69) is 22.6 Å². The molecule has 104 valence electrons. The van der Waals surface area contributed by atoms with Crippen LogP contribution in [0.2, 0.25) is 0 Å². The van der Waals surface area contributed by atoms with Gasteiger partial charge in [0.15, 0.2) is 0 Å². The first-order valence-electron chi connectivity index (χ1n) is 6.00. The Hall–Kier alpha value is -1.76. The Morgan fingerprint density at radius 2 is 1.60 bits per heavy atom. The summed E-state index contributed by atoms with van der Waals surface area (Å²) < 4.78 is 12.1. The monoisotopic (exact) mass is 384 g/mol. The molecule has 0 amide bonds. The molecule has 0 unspecified atom stereocenters. The third-order valence-electron chi connectivity index (χ3n) is 2.50. The van der Waals surface area contributed by atoms with Crippen LogP contribution in [0.5, 0.6) is 11.5 Å². The van der Waals surface area contributed by atoms with Gasteiger partial charge in [-0.2, -0.15) is 0 Å². The number of aromatic carboxylic acids is 1. The minimum atomic E-state index is -0.967. The van der Waals surface area contributed by atoms with Crippen LogP contribution in [0.3, 0.4) is 0 Å². The van der Waals surface area contributed by atoms with Crippen molar-refractivity contribution < 1.29 is 19.4 Å². The zero-order valence-corrected chi connectivity index (χ0v) is 12.7. The lowest BCUT2D eigenvalue weighted by molar-refractivity contribution is 0.0696. The molecule has 4 nitrogen and oxygen atoms in total. The number of hydrogen-bond donors (Lipinski definition) is 1. The Kier molecular flexibility index (Phi) is 5.23. The van der Waals surface area contributed by atoms with Gasteiger partial charge >= 0.3 is 5.97 Å². The van der Waals surface area contributed by atoms with Crippen molar-refractivity contribution in [3.63, 3.8) is 0 Å². The molecule has 1 N–H and O–H groups in total. The number of ether oxygens (including phenoxy) is 2. The minimum Gasteiger partial charge on any atom is -0.490 e. The molecule has 0 saturated carbocycles. The van der Waals surface area contributed by atoms with E-state index in [0.29, 0.717) is 19.0 Å². The lowest BCUT2D eigenvalue weighted by atomic mass is 10.2. The molecule has 0 bridgehead atoms. The van der Waals surface area contributed by atoms with Crippen LogP contribution in [0.25, 0.3) is 0 Å². The van der Waals surface area contributed by atoms with Crippen LogP contribution in [0.15, 0.2) is 48.5 Å². The summed E-state index contributed by atoms with van der Waals surface area (Å²) >= 11 is 2.22. The lowest BCUT2D eigenvalue weighted by Gasteiger charge is -2.09. The van der Waals surface area contributed by atoms with E-state index in [-0.39, 0.29) is 5.56 Å². The third-order valence-corrected chi connectivity index (χ3v) is 3.17. The minimum absolute atomic E-state index is 0.209. The Bertz CT molecular complexity index is 598. The smallest absolute Gasteiger partial charge is 0.335 e. The molecule has 0 aliphatic rings. The van der Waals surface area contributed by atoms with Crippen molar-refractivity contribution in [2.24, 2.45) is 0 Å². The van der Waals surface area contributed by atoms with Crippen LogP contribution in [0.4, 0.5) is 0 Å². The van der Waals surface area contributed by atoms with Crippen molar-refractivity contribution >= 4 is 28.6 Å². The summed E-state index contributed by atoms with van der Waals surface area (Å²) in [5.74, 6) is 0.349. The Labute approximate surface area is 130 Å². The van der Waals surface area contributed by atoms with Crippen LogP contribution >= 0.6 is 22.6 Å². The Morgan fingerprint density at radius 1 is 1.00 bits per heavy atom. The van der Waals surface area contributed by atoms with Gasteiger partial charge in [-0.25, -0.2) is 4.79 Å². The molecule has 0 aromatic heterocycles. The zero-order valence-electron chi connectivity index (χ0n) is 10.6. The molecule has 0 spiro atoms. The van der Waals surface area contributed by atoms with Crippen molar-refractivity contribution in [3.8, 4) is 11.5 Å². The first-order chi connectivity index (χ1) is 9.65. The molecule has 0 aliphatic carbocycles. The number of carboxylic acids is 1. The summed E-state index contributed by atoms with van der Waals surface area (Å²) in [6.45, 7) is 0.756. The van der Waals surface area contributed by atoms with E-state index >= 15 is 0 Å². The summed E-state index contributed by atoms with van der Waals surface area (Å²) in [7, 11) is 0. The maximum Gasteiger partial charge on any atom is 0.335 e. The molecular formula is C15H13IO4. The summed E-state index contributed by atoms with van der Waals surface area (Å²) in [6.07, 6.45) is 0. The van der Waals surface area contributed by atoms with Gasteiger partial charge in [0, 0.05) is 3.57 Å². The average molecular weight is 384 g/mol. The van der Waals surface area contributed by atoms with E-state index in [9.17, 15) is 4.79 Å². The van der Waals surface area contributed by atoms with E-state index in [4.69, 9.17) is 14.6 Å². The van der Waals surface area contributed by atoms with E-state index in [1.807, 2.05) is 24.3 Å². The van der Waals surface area contributed by atoms with Crippen molar-refractivity contribution in [1.29, 1.82) is 0 Å². The first-order valence-corrected chi connectivity index (χ1v) is 7.07. The summed E-state index contributed by atoms with van der Waals surface area (Å²) in [4.78, 5) is 10.8. The molecule has 0 heterocycles. The van der Waals surface area contributed by atoms with Gasteiger partial charge in [0.05, 0.1) is 5.56 Å². The van der Waals surface area contributed by atoms with E-state index in [0.717, 1.165) is 9.32 Å². The number of halogens is 1.